The molecule has 3 aromatic rings. The molecule has 0 saturated carbocycles. The molecule has 0 spiro atoms. The van der Waals surface area contributed by atoms with Crippen molar-refractivity contribution in [3.63, 3.8) is 0 Å². The highest BCUT2D eigenvalue weighted by molar-refractivity contribution is 6.05. The zero-order valence-electron chi connectivity index (χ0n) is 18.2. The van der Waals surface area contributed by atoms with E-state index < -0.39 is 16.7 Å². The summed E-state index contributed by atoms with van der Waals surface area (Å²) in [5, 5.41) is 16.6. The standard InChI is InChI=1S/C24H23N3O6/c1-16-7-9-17(10-8-16)23(28)26-20(24(29)25-13-14-32-2)15-18-11-12-22(33-18)19-5-3-4-6-21(19)27(30)31/h3-12,15H,13-14H2,1-2H3,(H,25,29)(H,26,28). The summed E-state index contributed by atoms with van der Waals surface area (Å²) >= 11 is 0. The van der Waals surface area contributed by atoms with E-state index in [1.807, 2.05) is 6.92 Å². The van der Waals surface area contributed by atoms with Crippen LogP contribution in [0.1, 0.15) is 21.7 Å². The Morgan fingerprint density at radius 1 is 1.09 bits per heavy atom. The van der Waals surface area contributed by atoms with Gasteiger partial charge in [0.15, 0.2) is 0 Å². The van der Waals surface area contributed by atoms with Crippen molar-refractivity contribution in [1.82, 2.24) is 10.6 Å². The Bertz CT molecular complexity index is 1180. The number of hydrogen-bond acceptors (Lipinski definition) is 6. The van der Waals surface area contributed by atoms with Crippen LogP contribution in [-0.2, 0) is 9.53 Å². The van der Waals surface area contributed by atoms with E-state index in [0.29, 0.717) is 17.7 Å². The van der Waals surface area contributed by atoms with Gasteiger partial charge in [-0.25, -0.2) is 0 Å². The third kappa shape index (κ3) is 6.14. The Kier molecular flexibility index (Phi) is 7.72. The number of methoxy groups -OCH3 is 1. The number of amides is 2. The quantitative estimate of drug-likeness (QED) is 0.222. The van der Waals surface area contributed by atoms with E-state index in [4.69, 9.17) is 9.15 Å². The van der Waals surface area contributed by atoms with Gasteiger partial charge in [-0.05, 0) is 37.3 Å². The number of nitrogens with one attached hydrogen (secondary N) is 2. The van der Waals surface area contributed by atoms with Crippen LogP contribution in [0.25, 0.3) is 17.4 Å². The average molecular weight is 449 g/mol. The van der Waals surface area contributed by atoms with Crippen LogP contribution in [0.2, 0.25) is 0 Å². The van der Waals surface area contributed by atoms with Gasteiger partial charge < -0.3 is 19.8 Å². The van der Waals surface area contributed by atoms with E-state index in [1.54, 1.807) is 54.6 Å². The fraction of sp³-hybridized carbons (Fsp3) is 0.167. The highest BCUT2D eigenvalue weighted by Gasteiger charge is 2.19. The minimum Gasteiger partial charge on any atom is -0.456 e. The summed E-state index contributed by atoms with van der Waals surface area (Å²) < 4.78 is 10.7. The van der Waals surface area contributed by atoms with Gasteiger partial charge in [-0.15, -0.1) is 0 Å². The highest BCUT2D eigenvalue weighted by Crippen LogP contribution is 2.31. The largest absolute Gasteiger partial charge is 0.456 e. The number of nitro benzene ring substituents is 1. The maximum absolute atomic E-state index is 12.7. The normalized spacial score (nSPS) is 11.2. The molecule has 0 aliphatic rings. The first kappa shape index (κ1) is 23.4. The topological polar surface area (TPSA) is 124 Å². The minimum absolute atomic E-state index is 0.0415. The van der Waals surface area contributed by atoms with Gasteiger partial charge >= 0.3 is 0 Å². The predicted molar refractivity (Wildman–Crippen MR) is 122 cm³/mol. The number of carbonyl (C=O) groups excluding carboxylic acids is 2. The smallest absolute Gasteiger partial charge is 0.280 e. The molecule has 1 heterocycles. The molecular weight excluding hydrogens is 426 g/mol. The SMILES string of the molecule is COCCNC(=O)C(=Cc1ccc(-c2ccccc2[N+](=O)[O-])o1)NC(=O)c1ccc(C)cc1. The molecule has 2 N–H and O–H groups in total. The number of carbonyl (C=O) groups is 2. The number of furan rings is 1. The molecule has 0 fully saturated rings. The number of para-hydroxylation sites is 1. The van der Waals surface area contributed by atoms with E-state index in [9.17, 15) is 19.7 Å². The summed E-state index contributed by atoms with van der Waals surface area (Å²) in [5.41, 5.74) is 1.54. The van der Waals surface area contributed by atoms with Crippen LogP contribution in [0.3, 0.4) is 0 Å². The molecule has 0 radical (unpaired) electrons. The van der Waals surface area contributed by atoms with Crippen LogP contribution in [0.15, 0.2) is 70.8 Å². The van der Waals surface area contributed by atoms with Crippen molar-refractivity contribution in [1.29, 1.82) is 0 Å². The summed E-state index contributed by atoms with van der Waals surface area (Å²) in [6, 6.07) is 16.2. The van der Waals surface area contributed by atoms with Gasteiger partial charge in [-0.2, -0.15) is 0 Å². The Morgan fingerprint density at radius 3 is 2.52 bits per heavy atom. The first-order chi connectivity index (χ1) is 15.9. The molecule has 1 aromatic heterocycles. The number of aryl methyl sites for hydroxylation is 1. The van der Waals surface area contributed by atoms with E-state index in [-0.39, 0.29) is 29.4 Å². The molecule has 2 aromatic carbocycles. The van der Waals surface area contributed by atoms with Crippen LogP contribution in [-0.4, -0.2) is 37.0 Å². The second kappa shape index (κ2) is 10.9. The number of ether oxygens (including phenoxy) is 1. The summed E-state index contributed by atoms with van der Waals surface area (Å²) in [7, 11) is 1.51. The molecule has 0 saturated heterocycles. The first-order valence-electron chi connectivity index (χ1n) is 10.1. The lowest BCUT2D eigenvalue weighted by atomic mass is 10.1. The van der Waals surface area contributed by atoms with Gasteiger partial charge in [0.25, 0.3) is 17.5 Å². The van der Waals surface area contributed by atoms with Crippen LogP contribution < -0.4 is 10.6 Å². The molecule has 0 atom stereocenters. The monoisotopic (exact) mass is 449 g/mol. The van der Waals surface area contributed by atoms with Gasteiger partial charge in [0.2, 0.25) is 0 Å². The summed E-state index contributed by atoms with van der Waals surface area (Å²) in [5.74, 6) is -0.494. The Balaban J connectivity index is 1.89. The van der Waals surface area contributed by atoms with Crippen LogP contribution in [0.4, 0.5) is 5.69 Å². The maximum Gasteiger partial charge on any atom is 0.280 e. The molecule has 0 bridgehead atoms. The second-order valence-corrected chi connectivity index (χ2v) is 7.10. The molecule has 3 rings (SSSR count). The van der Waals surface area contributed by atoms with Gasteiger partial charge in [-0.1, -0.05) is 29.8 Å². The molecule has 170 valence electrons. The first-order valence-corrected chi connectivity index (χ1v) is 10.1. The lowest BCUT2D eigenvalue weighted by Crippen LogP contribution is -2.36. The van der Waals surface area contributed by atoms with Crippen molar-refractivity contribution in [3.05, 3.63) is 93.4 Å². The van der Waals surface area contributed by atoms with Crippen LogP contribution >= 0.6 is 0 Å². The van der Waals surface area contributed by atoms with Crippen molar-refractivity contribution in [2.45, 2.75) is 6.92 Å². The van der Waals surface area contributed by atoms with E-state index >= 15 is 0 Å². The number of nitrogens with zero attached hydrogens (tertiary/aromatic N) is 1. The maximum atomic E-state index is 12.7. The summed E-state index contributed by atoms with van der Waals surface area (Å²) in [6.45, 7) is 2.45. The zero-order chi connectivity index (χ0) is 23.8. The molecule has 0 unspecified atom stereocenters. The number of benzene rings is 2. The molecule has 2 amide bonds. The molecule has 0 aliphatic carbocycles. The molecule has 9 heteroatoms. The van der Waals surface area contributed by atoms with E-state index in [2.05, 4.69) is 10.6 Å². The Labute approximate surface area is 190 Å². The lowest BCUT2D eigenvalue weighted by Gasteiger charge is -2.10. The predicted octanol–water partition coefficient (Wildman–Crippen LogP) is 3.70. The number of nitro groups is 1. The Hall–Kier alpha value is -4.24. The number of rotatable bonds is 9. The fourth-order valence-corrected chi connectivity index (χ4v) is 2.98. The minimum atomic E-state index is -0.531. The molecule has 0 aliphatic heterocycles. The lowest BCUT2D eigenvalue weighted by molar-refractivity contribution is -0.384. The molecule has 33 heavy (non-hydrogen) atoms. The van der Waals surface area contributed by atoms with Gasteiger partial charge in [0.05, 0.1) is 17.1 Å². The molecular formula is C24H23N3O6. The van der Waals surface area contributed by atoms with Crippen LogP contribution in [0, 0.1) is 17.0 Å². The molecule has 9 nitrogen and oxygen atoms in total. The second-order valence-electron chi connectivity index (χ2n) is 7.10. The van der Waals surface area contributed by atoms with Gasteiger partial charge in [0.1, 0.15) is 17.2 Å². The summed E-state index contributed by atoms with van der Waals surface area (Å²) in [4.78, 5) is 36.2. The van der Waals surface area contributed by atoms with E-state index in [0.717, 1.165) is 5.56 Å². The average Bonchev–Trinajstić information content (AvgIpc) is 3.27. The number of hydrogen-bond donors (Lipinski definition) is 2. The fourth-order valence-electron chi connectivity index (χ4n) is 2.98. The van der Waals surface area contributed by atoms with Crippen molar-refractivity contribution in [2.24, 2.45) is 0 Å². The van der Waals surface area contributed by atoms with E-state index in [1.165, 1.54) is 19.3 Å². The summed E-state index contributed by atoms with van der Waals surface area (Å²) in [6.07, 6.45) is 1.37. The van der Waals surface area contributed by atoms with Crippen molar-refractivity contribution in [2.75, 3.05) is 20.3 Å². The zero-order valence-corrected chi connectivity index (χ0v) is 18.2. The van der Waals surface area contributed by atoms with Crippen LogP contribution in [0.5, 0.6) is 0 Å². The van der Waals surface area contributed by atoms with Gasteiger partial charge in [-0.3, -0.25) is 19.7 Å². The third-order valence-corrected chi connectivity index (χ3v) is 4.68. The van der Waals surface area contributed by atoms with Gasteiger partial charge in [0, 0.05) is 31.4 Å². The van der Waals surface area contributed by atoms with Crippen molar-refractivity contribution < 1.29 is 23.7 Å². The third-order valence-electron chi connectivity index (χ3n) is 4.68. The van der Waals surface area contributed by atoms with Crippen molar-refractivity contribution in [3.8, 4) is 11.3 Å². The van der Waals surface area contributed by atoms with Crippen molar-refractivity contribution >= 4 is 23.6 Å². The Morgan fingerprint density at radius 2 is 1.82 bits per heavy atom. The highest BCUT2D eigenvalue weighted by atomic mass is 16.6.